The van der Waals surface area contributed by atoms with Crippen LogP contribution >= 0.6 is 0 Å². The Labute approximate surface area is 124 Å². The summed E-state index contributed by atoms with van der Waals surface area (Å²) < 4.78 is 14.0. The van der Waals surface area contributed by atoms with Crippen LogP contribution in [-0.2, 0) is 6.54 Å². The molecule has 0 aliphatic carbocycles. The third-order valence-corrected chi connectivity index (χ3v) is 3.32. The molecule has 0 spiro atoms. The van der Waals surface area contributed by atoms with Crippen molar-refractivity contribution >= 4 is 16.7 Å². The van der Waals surface area contributed by atoms with E-state index in [0.717, 1.165) is 4.68 Å². The van der Waals surface area contributed by atoms with Crippen molar-refractivity contribution in [2.75, 3.05) is 0 Å². The molecular weight excluding hydrogens is 287 g/mol. The van der Waals surface area contributed by atoms with Crippen LogP contribution in [0.15, 0.2) is 53.3 Å². The molecule has 0 bridgehead atoms. The van der Waals surface area contributed by atoms with Crippen LogP contribution in [0.3, 0.4) is 0 Å². The number of hydrogen-bond donors (Lipinski definition) is 1. The van der Waals surface area contributed by atoms with Gasteiger partial charge in [-0.1, -0.05) is 30.3 Å². The van der Waals surface area contributed by atoms with Crippen molar-refractivity contribution in [2.24, 2.45) is 0 Å². The number of benzene rings is 2. The van der Waals surface area contributed by atoms with Crippen molar-refractivity contribution in [1.29, 1.82) is 0 Å². The number of nitrogens with zero attached hydrogens (tertiary/aromatic N) is 2. The molecule has 6 heteroatoms. The van der Waals surface area contributed by atoms with Crippen LogP contribution in [0.1, 0.15) is 16.1 Å². The van der Waals surface area contributed by atoms with Crippen molar-refractivity contribution in [3.05, 3.63) is 76.0 Å². The van der Waals surface area contributed by atoms with Crippen LogP contribution < -0.4 is 5.56 Å². The molecule has 0 aliphatic rings. The second-order valence-corrected chi connectivity index (χ2v) is 4.79. The molecule has 0 atom stereocenters. The normalized spacial score (nSPS) is 10.8. The molecule has 5 nitrogen and oxygen atoms in total. The highest BCUT2D eigenvalue weighted by Gasteiger charge is 2.15. The zero-order chi connectivity index (χ0) is 15.7. The Balaban J connectivity index is 2.17. The van der Waals surface area contributed by atoms with Gasteiger partial charge in [0, 0.05) is 5.39 Å². The zero-order valence-electron chi connectivity index (χ0n) is 11.4. The van der Waals surface area contributed by atoms with Gasteiger partial charge in [-0.2, -0.15) is 5.10 Å². The van der Waals surface area contributed by atoms with E-state index >= 15 is 0 Å². The van der Waals surface area contributed by atoms with Crippen LogP contribution in [0.25, 0.3) is 10.8 Å². The quantitative estimate of drug-likeness (QED) is 0.805. The third-order valence-electron chi connectivity index (χ3n) is 3.32. The van der Waals surface area contributed by atoms with E-state index in [1.54, 1.807) is 24.3 Å². The predicted octanol–water partition coefficient (Wildman–Crippen LogP) is 2.28. The van der Waals surface area contributed by atoms with Gasteiger partial charge in [-0.15, -0.1) is 0 Å². The van der Waals surface area contributed by atoms with E-state index in [1.807, 2.05) is 0 Å². The maximum Gasteiger partial charge on any atom is 0.357 e. The Morgan fingerprint density at radius 1 is 1.09 bits per heavy atom. The highest BCUT2D eigenvalue weighted by atomic mass is 19.1. The van der Waals surface area contributed by atoms with Gasteiger partial charge in [-0.3, -0.25) is 4.79 Å². The number of rotatable bonds is 3. The molecular formula is C16H11FN2O3. The molecule has 3 aromatic rings. The zero-order valence-corrected chi connectivity index (χ0v) is 11.4. The molecule has 2 aromatic carbocycles. The SMILES string of the molecule is O=C(O)c1nn(Cc2ccc(F)cc2)c(=O)c2ccccc12. The highest BCUT2D eigenvalue weighted by molar-refractivity contribution is 6.01. The first kappa shape index (κ1) is 13.9. The molecule has 3 rings (SSSR count). The molecule has 1 N–H and O–H groups in total. The minimum Gasteiger partial charge on any atom is -0.476 e. The smallest absolute Gasteiger partial charge is 0.357 e. The van der Waals surface area contributed by atoms with Gasteiger partial charge in [0.2, 0.25) is 0 Å². The average molecular weight is 298 g/mol. The lowest BCUT2D eigenvalue weighted by molar-refractivity contribution is 0.0690. The summed E-state index contributed by atoms with van der Waals surface area (Å²) in [7, 11) is 0. The molecule has 1 aromatic heterocycles. The molecule has 0 fully saturated rings. The number of fused-ring (bicyclic) bond motifs is 1. The molecule has 0 unspecified atom stereocenters. The summed E-state index contributed by atoms with van der Waals surface area (Å²) in [6.07, 6.45) is 0. The Bertz CT molecular complexity index is 917. The Hall–Kier alpha value is -3.02. The highest BCUT2D eigenvalue weighted by Crippen LogP contribution is 2.13. The van der Waals surface area contributed by atoms with Gasteiger partial charge in [-0.25, -0.2) is 13.9 Å². The van der Waals surface area contributed by atoms with Crippen molar-refractivity contribution in [3.8, 4) is 0 Å². The van der Waals surface area contributed by atoms with Crippen LogP contribution in [0.2, 0.25) is 0 Å². The molecule has 0 amide bonds. The molecule has 22 heavy (non-hydrogen) atoms. The van der Waals surface area contributed by atoms with Crippen LogP contribution in [0.4, 0.5) is 4.39 Å². The predicted molar refractivity (Wildman–Crippen MR) is 78.5 cm³/mol. The van der Waals surface area contributed by atoms with E-state index in [9.17, 15) is 19.1 Å². The van der Waals surface area contributed by atoms with Crippen molar-refractivity contribution in [1.82, 2.24) is 9.78 Å². The minimum absolute atomic E-state index is 0.0736. The first-order valence-electron chi connectivity index (χ1n) is 6.54. The summed E-state index contributed by atoms with van der Waals surface area (Å²) in [4.78, 5) is 23.8. The number of carboxylic acids is 1. The van der Waals surface area contributed by atoms with E-state index in [2.05, 4.69) is 5.10 Å². The molecule has 1 heterocycles. The van der Waals surface area contributed by atoms with Crippen LogP contribution in [0.5, 0.6) is 0 Å². The summed E-state index contributed by atoms with van der Waals surface area (Å²) >= 11 is 0. The molecule has 0 radical (unpaired) electrons. The minimum atomic E-state index is -1.20. The lowest BCUT2D eigenvalue weighted by Gasteiger charge is -2.09. The number of carbonyl (C=O) groups is 1. The van der Waals surface area contributed by atoms with Gasteiger partial charge in [0.15, 0.2) is 5.69 Å². The summed E-state index contributed by atoms with van der Waals surface area (Å²) in [6.45, 7) is 0.0736. The second kappa shape index (κ2) is 5.40. The van der Waals surface area contributed by atoms with Crippen molar-refractivity contribution in [2.45, 2.75) is 6.54 Å². The maximum absolute atomic E-state index is 12.9. The fourth-order valence-corrected chi connectivity index (χ4v) is 2.26. The summed E-state index contributed by atoms with van der Waals surface area (Å²) in [5.74, 6) is -1.59. The molecule has 0 aliphatic heterocycles. The fraction of sp³-hybridized carbons (Fsp3) is 0.0625. The molecule has 0 saturated carbocycles. The second-order valence-electron chi connectivity index (χ2n) is 4.79. The van der Waals surface area contributed by atoms with E-state index in [4.69, 9.17) is 0 Å². The van der Waals surface area contributed by atoms with Crippen LogP contribution in [-0.4, -0.2) is 20.9 Å². The van der Waals surface area contributed by atoms with Gasteiger partial charge < -0.3 is 5.11 Å². The van der Waals surface area contributed by atoms with Gasteiger partial charge in [0.25, 0.3) is 5.56 Å². The monoisotopic (exact) mass is 298 g/mol. The standard InChI is InChI=1S/C16H11FN2O3/c17-11-7-5-10(6-8-11)9-19-15(20)13-4-2-1-3-12(13)14(18-19)16(21)22/h1-8H,9H2,(H,21,22). The van der Waals surface area contributed by atoms with Crippen molar-refractivity contribution in [3.63, 3.8) is 0 Å². The van der Waals surface area contributed by atoms with Gasteiger partial charge >= 0.3 is 5.97 Å². The maximum atomic E-state index is 12.9. The van der Waals surface area contributed by atoms with Crippen molar-refractivity contribution < 1.29 is 14.3 Å². The first-order valence-corrected chi connectivity index (χ1v) is 6.54. The number of hydrogen-bond acceptors (Lipinski definition) is 3. The van der Waals surface area contributed by atoms with E-state index in [0.29, 0.717) is 10.9 Å². The van der Waals surface area contributed by atoms with E-state index in [1.165, 1.54) is 24.3 Å². The number of carboxylic acid groups (broad SMARTS) is 1. The van der Waals surface area contributed by atoms with Crippen LogP contribution in [0, 0.1) is 5.82 Å². The Kier molecular flexibility index (Phi) is 3.42. The van der Waals surface area contributed by atoms with Gasteiger partial charge in [0.05, 0.1) is 11.9 Å². The van der Waals surface area contributed by atoms with Gasteiger partial charge in [-0.05, 0) is 23.8 Å². The lowest BCUT2D eigenvalue weighted by Crippen LogP contribution is -2.26. The third kappa shape index (κ3) is 2.46. The fourth-order valence-electron chi connectivity index (χ4n) is 2.26. The first-order chi connectivity index (χ1) is 10.6. The summed E-state index contributed by atoms with van der Waals surface area (Å²) in [5, 5.41) is 13.8. The largest absolute Gasteiger partial charge is 0.476 e. The van der Waals surface area contributed by atoms with E-state index < -0.39 is 5.97 Å². The summed E-state index contributed by atoms with van der Waals surface area (Å²) in [6, 6.07) is 12.0. The Morgan fingerprint density at radius 3 is 2.36 bits per heavy atom. The molecule has 0 saturated heterocycles. The Morgan fingerprint density at radius 2 is 1.73 bits per heavy atom. The average Bonchev–Trinajstić information content (AvgIpc) is 2.52. The number of aromatic nitrogens is 2. The molecule has 110 valence electrons. The number of aromatic carboxylic acids is 1. The van der Waals surface area contributed by atoms with E-state index in [-0.39, 0.29) is 29.0 Å². The number of halogens is 1. The topological polar surface area (TPSA) is 72.2 Å². The van der Waals surface area contributed by atoms with Gasteiger partial charge in [0.1, 0.15) is 5.82 Å². The lowest BCUT2D eigenvalue weighted by atomic mass is 10.1. The summed E-state index contributed by atoms with van der Waals surface area (Å²) in [5.41, 5.74) is 0.0878.